The third kappa shape index (κ3) is 12.2. The zero-order valence-electron chi connectivity index (χ0n) is 7.30. The molecule has 3 nitrogen and oxygen atoms in total. The maximum absolute atomic E-state index is 10.3. The van der Waals surface area contributed by atoms with Crippen LogP contribution in [0, 0.1) is 0 Å². The first-order valence-electron chi connectivity index (χ1n) is 2.39. The largest absolute Gasteiger partial charge is 1.00 e. The molecule has 0 fully saturated rings. The van der Waals surface area contributed by atoms with Crippen LogP contribution >= 0.6 is 0 Å². The van der Waals surface area contributed by atoms with Gasteiger partial charge in [0.25, 0.3) is 0 Å². The van der Waals surface area contributed by atoms with Gasteiger partial charge in [-0.3, -0.25) is 0 Å². The van der Waals surface area contributed by atoms with Crippen LogP contribution in [0.2, 0.25) is 0 Å². The van der Waals surface area contributed by atoms with Gasteiger partial charge >= 0.3 is 29.6 Å². The Morgan fingerprint density at radius 1 is 1.44 bits per heavy atom. The Morgan fingerprint density at radius 3 is 1.78 bits per heavy atom. The third-order valence-electron chi connectivity index (χ3n) is 0.450. The molecule has 0 aliphatic carbocycles. The van der Waals surface area contributed by atoms with E-state index in [-0.39, 0.29) is 37.0 Å². The van der Waals surface area contributed by atoms with Gasteiger partial charge in [-0.25, -0.2) is 13.1 Å². The van der Waals surface area contributed by atoms with Crippen molar-refractivity contribution in [3.8, 4) is 0 Å². The molecule has 0 aliphatic heterocycles. The smallest absolute Gasteiger partial charge is 1.00 e. The van der Waals surface area contributed by atoms with Crippen molar-refractivity contribution < 1.29 is 39.4 Å². The summed E-state index contributed by atoms with van der Waals surface area (Å²) in [6.45, 7) is 3.56. The summed E-state index contributed by atoms with van der Waals surface area (Å²) in [5.41, 5.74) is 0. The topological polar surface area (TPSA) is 46.2 Å². The molecule has 1 N–H and O–H groups in total. The van der Waals surface area contributed by atoms with E-state index in [1.165, 1.54) is 0 Å². The average molecular weight is 161 g/mol. The minimum atomic E-state index is -2.97. The van der Waals surface area contributed by atoms with Crippen molar-refractivity contribution >= 4 is 10.0 Å². The molecule has 9 heavy (non-hydrogen) atoms. The molecule has 0 aromatic heterocycles. The molecular formula is C4H12NNaO2S. The van der Waals surface area contributed by atoms with Gasteiger partial charge in [-0.05, 0) is 13.8 Å². The summed E-state index contributed by atoms with van der Waals surface area (Å²) in [7, 11) is -2.97. The second kappa shape index (κ2) is 4.68. The minimum absolute atomic E-state index is 0. The van der Waals surface area contributed by atoms with Gasteiger partial charge in [0.2, 0.25) is 10.0 Å². The summed E-state index contributed by atoms with van der Waals surface area (Å²) < 4.78 is 23.0. The van der Waals surface area contributed by atoms with Crippen LogP contribution in [-0.2, 0) is 10.0 Å². The van der Waals surface area contributed by atoms with Crippen molar-refractivity contribution in [3.05, 3.63) is 0 Å². The van der Waals surface area contributed by atoms with Crippen LogP contribution in [0.4, 0.5) is 0 Å². The Labute approximate surface area is 80.0 Å². The SMILES string of the molecule is CC(C)NS(C)(=O)=O.[H-].[Na+]. The zero-order valence-corrected chi connectivity index (χ0v) is 9.12. The summed E-state index contributed by atoms with van der Waals surface area (Å²) >= 11 is 0. The van der Waals surface area contributed by atoms with Gasteiger partial charge in [0.05, 0.1) is 6.26 Å². The Morgan fingerprint density at radius 2 is 1.78 bits per heavy atom. The number of hydrogen-bond donors (Lipinski definition) is 1. The maximum Gasteiger partial charge on any atom is 1.00 e. The van der Waals surface area contributed by atoms with E-state index in [9.17, 15) is 8.42 Å². The van der Waals surface area contributed by atoms with Gasteiger partial charge in [0.15, 0.2) is 0 Å². The van der Waals surface area contributed by atoms with E-state index >= 15 is 0 Å². The van der Waals surface area contributed by atoms with Gasteiger partial charge in [-0.1, -0.05) is 0 Å². The van der Waals surface area contributed by atoms with E-state index in [1.54, 1.807) is 13.8 Å². The predicted molar refractivity (Wildman–Crippen MR) is 34.2 cm³/mol. The average Bonchev–Trinajstić information content (AvgIpc) is 1.21. The fourth-order valence-corrected chi connectivity index (χ4v) is 1.28. The van der Waals surface area contributed by atoms with Gasteiger partial charge in [-0.15, -0.1) is 0 Å². The van der Waals surface area contributed by atoms with Crippen LogP contribution in [0.25, 0.3) is 0 Å². The molecule has 0 spiro atoms. The van der Waals surface area contributed by atoms with Crippen molar-refractivity contribution in [2.45, 2.75) is 19.9 Å². The maximum atomic E-state index is 10.3. The van der Waals surface area contributed by atoms with Crippen molar-refractivity contribution in [1.82, 2.24) is 4.72 Å². The second-order valence-corrected chi connectivity index (χ2v) is 3.82. The Balaban J connectivity index is -0.000000245. The summed E-state index contributed by atoms with van der Waals surface area (Å²) in [4.78, 5) is 0. The quantitative estimate of drug-likeness (QED) is 0.440. The number of rotatable bonds is 2. The third-order valence-corrected chi connectivity index (χ3v) is 1.35. The summed E-state index contributed by atoms with van der Waals surface area (Å²) in [5.74, 6) is 0. The van der Waals surface area contributed by atoms with Crippen molar-refractivity contribution in [3.63, 3.8) is 0 Å². The predicted octanol–water partition coefficient (Wildman–Crippen LogP) is -2.94. The van der Waals surface area contributed by atoms with Crippen LogP contribution in [0.3, 0.4) is 0 Å². The molecule has 0 amide bonds. The van der Waals surface area contributed by atoms with E-state index in [1.807, 2.05) is 0 Å². The normalized spacial score (nSPS) is 11.1. The molecule has 0 aliphatic rings. The monoisotopic (exact) mass is 161 g/mol. The first-order chi connectivity index (χ1) is 3.42. The molecule has 0 bridgehead atoms. The molecule has 0 atom stereocenters. The fourth-order valence-electron chi connectivity index (χ4n) is 0.428. The van der Waals surface area contributed by atoms with Gasteiger partial charge in [-0.2, -0.15) is 0 Å². The zero-order chi connectivity index (χ0) is 6.78. The molecule has 52 valence electrons. The summed E-state index contributed by atoms with van der Waals surface area (Å²) in [6, 6.07) is 0.00463. The van der Waals surface area contributed by atoms with Crippen molar-refractivity contribution in [2.24, 2.45) is 0 Å². The van der Waals surface area contributed by atoms with Crippen LogP contribution in [-0.4, -0.2) is 20.7 Å². The van der Waals surface area contributed by atoms with E-state index in [0.717, 1.165) is 6.26 Å². The Kier molecular flexibility index (Phi) is 6.54. The van der Waals surface area contributed by atoms with E-state index in [2.05, 4.69) is 4.72 Å². The van der Waals surface area contributed by atoms with Gasteiger partial charge in [0, 0.05) is 6.04 Å². The number of hydrogen-bond acceptors (Lipinski definition) is 2. The van der Waals surface area contributed by atoms with Crippen LogP contribution < -0.4 is 34.3 Å². The Bertz CT molecular complexity index is 157. The molecule has 0 aromatic rings. The van der Waals surface area contributed by atoms with Gasteiger partial charge in [0.1, 0.15) is 0 Å². The second-order valence-electron chi connectivity index (χ2n) is 2.04. The molecule has 0 saturated heterocycles. The van der Waals surface area contributed by atoms with E-state index in [4.69, 9.17) is 0 Å². The van der Waals surface area contributed by atoms with Crippen LogP contribution in [0.5, 0.6) is 0 Å². The summed E-state index contributed by atoms with van der Waals surface area (Å²) in [5, 5.41) is 0. The molecule has 0 saturated carbocycles. The van der Waals surface area contributed by atoms with E-state index < -0.39 is 10.0 Å². The van der Waals surface area contributed by atoms with Crippen molar-refractivity contribution in [2.75, 3.05) is 6.26 Å². The standard InChI is InChI=1S/C4H11NO2S.Na.H/c1-4(2)5-8(3,6)7;;/h4-5H,1-3H3;;/q;+1;-1. The molecular weight excluding hydrogens is 149 g/mol. The van der Waals surface area contributed by atoms with E-state index in [0.29, 0.717) is 0 Å². The number of nitrogens with one attached hydrogen (secondary N) is 1. The molecule has 5 heteroatoms. The molecule has 0 heterocycles. The van der Waals surface area contributed by atoms with Crippen LogP contribution in [0.15, 0.2) is 0 Å². The molecule has 0 rings (SSSR count). The van der Waals surface area contributed by atoms with Gasteiger partial charge < -0.3 is 1.43 Å². The van der Waals surface area contributed by atoms with Crippen molar-refractivity contribution in [1.29, 1.82) is 0 Å². The molecule has 0 aromatic carbocycles. The fraction of sp³-hybridized carbons (Fsp3) is 1.00. The molecule has 0 unspecified atom stereocenters. The molecule has 0 radical (unpaired) electrons. The first kappa shape index (κ1) is 12.6. The number of sulfonamides is 1. The van der Waals surface area contributed by atoms with Crippen LogP contribution in [0.1, 0.15) is 15.3 Å². The minimum Gasteiger partial charge on any atom is -1.00 e. The summed E-state index contributed by atoms with van der Waals surface area (Å²) in [6.07, 6.45) is 1.15. The first-order valence-corrected chi connectivity index (χ1v) is 4.28. The Hall–Kier alpha value is 0.910.